The molecule has 0 radical (unpaired) electrons. The number of anilines is 2. The summed E-state index contributed by atoms with van der Waals surface area (Å²) in [5.74, 6) is -0.427. The van der Waals surface area contributed by atoms with Crippen LogP contribution in [0.4, 0.5) is 11.4 Å². The van der Waals surface area contributed by atoms with E-state index in [1.807, 2.05) is 0 Å². The summed E-state index contributed by atoms with van der Waals surface area (Å²) in [5.41, 5.74) is 7.37. The van der Waals surface area contributed by atoms with E-state index in [0.29, 0.717) is 30.1 Å². The lowest BCUT2D eigenvalue weighted by Crippen LogP contribution is -2.23. The van der Waals surface area contributed by atoms with Gasteiger partial charge in [-0.15, -0.1) is 0 Å². The lowest BCUT2D eigenvalue weighted by molar-refractivity contribution is 0.0527. The fourth-order valence-electron chi connectivity index (χ4n) is 1.54. The Kier molecular flexibility index (Phi) is 4.78. The molecule has 0 unspecified atom stereocenters. The first-order valence-corrected chi connectivity index (χ1v) is 5.49. The summed E-state index contributed by atoms with van der Waals surface area (Å²) < 4.78 is 4.92. The van der Waals surface area contributed by atoms with Crippen LogP contribution >= 0.6 is 0 Å². The number of ether oxygens (including phenoxy) is 1. The second-order valence-corrected chi connectivity index (χ2v) is 3.60. The van der Waals surface area contributed by atoms with Crippen LogP contribution in [0.25, 0.3) is 0 Å². The molecule has 5 heteroatoms. The highest BCUT2D eigenvalue weighted by atomic mass is 16.5. The topological polar surface area (TPSA) is 75.8 Å². The predicted octanol–water partition coefficient (Wildman–Crippen LogP) is 0.874. The maximum Gasteiger partial charge on any atom is 0.340 e. The smallest absolute Gasteiger partial charge is 0.340 e. The van der Waals surface area contributed by atoms with Crippen molar-refractivity contribution >= 4 is 17.3 Å². The molecular weight excluding hydrogens is 220 g/mol. The molecule has 0 aliphatic carbocycles. The van der Waals surface area contributed by atoms with Crippen molar-refractivity contribution in [2.75, 3.05) is 37.4 Å². The lowest BCUT2D eigenvalue weighted by atomic mass is 10.1. The minimum absolute atomic E-state index is 0.0274. The molecule has 0 aliphatic rings. The van der Waals surface area contributed by atoms with Crippen molar-refractivity contribution in [2.45, 2.75) is 6.92 Å². The molecule has 0 aromatic heterocycles. The minimum atomic E-state index is -0.427. The number of rotatable bonds is 5. The highest BCUT2D eigenvalue weighted by Crippen LogP contribution is 2.26. The molecule has 1 aromatic rings. The summed E-state index contributed by atoms with van der Waals surface area (Å²) in [4.78, 5) is 13.4. The molecule has 0 saturated carbocycles. The first-order valence-electron chi connectivity index (χ1n) is 5.49. The summed E-state index contributed by atoms with van der Waals surface area (Å²) >= 11 is 0. The first kappa shape index (κ1) is 13.3. The van der Waals surface area contributed by atoms with Crippen LogP contribution < -0.4 is 10.6 Å². The molecular formula is C12H18N2O3. The molecule has 0 bridgehead atoms. The van der Waals surface area contributed by atoms with Gasteiger partial charge in [-0.1, -0.05) is 6.07 Å². The third kappa shape index (κ3) is 3.10. The number of carbonyl (C=O) groups is 1. The highest BCUT2D eigenvalue weighted by molar-refractivity contribution is 5.98. The van der Waals surface area contributed by atoms with Gasteiger partial charge in [0.15, 0.2) is 0 Å². The second-order valence-electron chi connectivity index (χ2n) is 3.60. The van der Waals surface area contributed by atoms with Gasteiger partial charge in [0, 0.05) is 13.6 Å². The number of nitrogens with two attached hydrogens (primary N) is 1. The highest BCUT2D eigenvalue weighted by Gasteiger charge is 2.15. The molecule has 0 fully saturated rings. The van der Waals surface area contributed by atoms with E-state index in [4.69, 9.17) is 15.6 Å². The molecule has 0 amide bonds. The van der Waals surface area contributed by atoms with Crippen LogP contribution in [0.5, 0.6) is 0 Å². The Balaban J connectivity index is 3.02. The van der Waals surface area contributed by atoms with Crippen LogP contribution in [0, 0.1) is 0 Å². The van der Waals surface area contributed by atoms with E-state index < -0.39 is 5.97 Å². The predicted molar refractivity (Wildman–Crippen MR) is 67.2 cm³/mol. The number of nitrogens with zero attached hydrogens (tertiary/aromatic N) is 1. The molecule has 0 saturated heterocycles. The van der Waals surface area contributed by atoms with Gasteiger partial charge in [-0.3, -0.25) is 0 Å². The lowest BCUT2D eigenvalue weighted by Gasteiger charge is -2.21. The first-order chi connectivity index (χ1) is 8.11. The molecule has 0 spiro atoms. The Labute approximate surface area is 101 Å². The third-order valence-corrected chi connectivity index (χ3v) is 2.43. The number of esters is 1. The van der Waals surface area contributed by atoms with Crippen LogP contribution in [0.1, 0.15) is 17.3 Å². The van der Waals surface area contributed by atoms with Gasteiger partial charge in [0.25, 0.3) is 0 Å². The molecule has 17 heavy (non-hydrogen) atoms. The van der Waals surface area contributed by atoms with E-state index in [1.165, 1.54) is 0 Å². The average Bonchev–Trinajstić information content (AvgIpc) is 2.29. The van der Waals surface area contributed by atoms with Crippen molar-refractivity contribution in [1.29, 1.82) is 0 Å². The van der Waals surface area contributed by atoms with Gasteiger partial charge in [0.05, 0.1) is 30.2 Å². The van der Waals surface area contributed by atoms with E-state index in [9.17, 15) is 4.79 Å². The van der Waals surface area contributed by atoms with Crippen molar-refractivity contribution in [2.24, 2.45) is 0 Å². The summed E-state index contributed by atoms with van der Waals surface area (Å²) in [6, 6.07) is 5.17. The van der Waals surface area contributed by atoms with Crippen LogP contribution in [-0.2, 0) is 4.74 Å². The van der Waals surface area contributed by atoms with Crippen molar-refractivity contribution in [3.8, 4) is 0 Å². The summed E-state index contributed by atoms with van der Waals surface area (Å²) in [7, 11) is 1.80. The number of likely N-dealkylation sites (N-methyl/N-ethyl adjacent to an activating group) is 1. The van der Waals surface area contributed by atoms with E-state index in [2.05, 4.69) is 0 Å². The van der Waals surface area contributed by atoms with Crippen LogP contribution in [0.2, 0.25) is 0 Å². The molecule has 1 aromatic carbocycles. The van der Waals surface area contributed by atoms with E-state index in [0.717, 1.165) is 0 Å². The molecule has 1 rings (SSSR count). The quantitative estimate of drug-likeness (QED) is 0.588. The van der Waals surface area contributed by atoms with Gasteiger partial charge in [0.1, 0.15) is 0 Å². The molecule has 3 N–H and O–H groups in total. The Bertz CT molecular complexity index is 393. The zero-order valence-electron chi connectivity index (χ0n) is 10.1. The number of hydrogen-bond acceptors (Lipinski definition) is 5. The van der Waals surface area contributed by atoms with Gasteiger partial charge in [-0.25, -0.2) is 4.79 Å². The Morgan fingerprint density at radius 2 is 2.24 bits per heavy atom. The molecule has 0 heterocycles. The van der Waals surface area contributed by atoms with E-state index >= 15 is 0 Å². The van der Waals surface area contributed by atoms with Gasteiger partial charge in [-0.05, 0) is 19.1 Å². The van der Waals surface area contributed by atoms with E-state index in [-0.39, 0.29) is 6.61 Å². The number of para-hydroxylation sites is 1. The van der Waals surface area contributed by atoms with Crippen molar-refractivity contribution < 1.29 is 14.6 Å². The molecule has 0 atom stereocenters. The zero-order valence-corrected chi connectivity index (χ0v) is 10.1. The van der Waals surface area contributed by atoms with Gasteiger partial charge in [-0.2, -0.15) is 0 Å². The van der Waals surface area contributed by atoms with Crippen molar-refractivity contribution in [1.82, 2.24) is 0 Å². The maximum absolute atomic E-state index is 11.6. The van der Waals surface area contributed by atoms with Gasteiger partial charge < -0.3 is 20.5 Å². The fraction of sp³-hybridized carbons (Fsp3) is 0.417. The largest absolute Gasteiger partial charge is 0.462 e. The van der Waals surface area contributed by atoms with Crippen LogP contribution in [-0.4, -0.2) is 37.9 Å². The Hall–Kier alpha value is -1.75. The molecule has 5 nitrogen and oxygen atoms in total. The molecule has 0 aliphatic heterocycles. The number of carbonyl (C=O) groups excluding carboxylic acids is 1. The molecule has 94 valence electrons. The average molecular weight is 238 g/mol. The number of aliphatic hydroxyl groups is 1. The normalized spacial score (nSPS) is 10.1. The Morgan fingerprint density at radius 1 is 1.53 bits per heavy atom. The minimum Gasteiger partial charge on any atom is -0.462 e. The Morgan fingerprint density at radius 3 is 2.82 bits per heavy atom. The number of benzene rings is 1. The van der Waals surface area contributed by atoms with Crippen LogP contribution in [0.15, 0.2) is 18.2 Å². The second kappa shape index (κ2) is 6.10. The fourth-order valence-corrected chi connectivity index (χ4v) is 1.54. The standard InChI is InChI=1S/C12H18N2O3/c1-3-17-12(16)9-5-4-6-10(11(9)13)14(2)7-8-15/h4-6,15H,3,7-8,13H2,1-2H3. The van der Waals surface area contributed by atoms with Crippen molar-refractivity contribution in [3.63, 3.8) is 0 Å². The summed E-state index contributed by atoms with van der Waals surface area (Å²) in [5, 5.41) is 8.88. The van der Waals surface area contributed by atoms with Gasteiger partial charge in [0.2, 0.25) is 0 Å². The monoisotopic (exact) mass is 238 g/mol. The third-order valence-electron chi connectivity index (χ3n) is 2.43. The van der Waals surface area contributed by atoms with Crippen LogP contribution in [0.3, 0.4) is 0 Å². The summed E-state index contributed by atoms with van der Waals surface area (Å²) in [6.45, 7) is 2.54. The maximum atomic E-state index is 11.6. The van der Waals surface area contributed by atoms with Gasteiger partial charge >= 0.3 is 5.97 Å². The number of nitrogen functional groups attached to an aromatic ring is 1. The number of hydrogen-bond donors (Lipinski definition) is 2. The number of aliphatic hydroxyl groups excluding tert-OH is 1. The zero-order chi connectivity index (χ0) is 12.8. The van der Waals surface area contributed by atoms with Crippen molar-refractivity contribution in [3.05, 3.63) is 23.8 Å². The summed E-state index contributed by atoms with van der Waals surface area (Å²) in [6.07, 6.45) is 0. The van der Waals surface area contributed by atoms with E-state index in [1.54, 1.807) is 37.1 Å². The SMILES string of the molecule is CCOC(=O)c1cccc(N(C)CCO)c1N.